The van der Waals surface area contributed by atoms with Crippen molar-refractivity contribution >= 4 is 11.6 Å². The topological polar surface area (TPSA) is 77.5 Å². The lowest BCUT2D eigenvalue weighted by Gasteiger charge is -2.24. The Morgan fingerprint density at radius 3 is 2.07 bits per heavy atom. The van der Waals surface area contributed by atoms with Gasteiger partial charge in [-0.2, -0.15) is 0 Å². The fraction of sp³-hybridized carbons (Fsp3) is 0.318. The molecule has 0 aliphatic carbocycles. The molecular weight excluding hydrogens is 374 g/mol. The number of anilines is 1. The Bertz CT molecular complexity index is 853. The molecule has 2 aromatic carbocycles. The van der Waals surface area contributed by atoms with Gasteiger partial charge in [0.25, 0.3) is 5.91 Å². The zero-order chi connectivity index (χ0) is 21.4. The van der Waals surface area contributed by atoms with Crippen LogP contribution < -0.4 is 23.8 Å². The number of hydrogen-bond acceptors (Lipinski definition) is 6. The second kappa shape index (κ2) is 10.3. The van der Waals surface area contributed by atoms with Gasteiger partial charge in [-0.05, 0) is 30.2 Å². The van der Waals surface area contributed by atoms with Crippen molar-refractivity contribution in [1.82, 2.24) is 0 Å². The van der Waals surface area contributed by atoms with Crippen LogP contribution in [0.2, 0.25) is 0 Å². The average Bonchev–Trinajstić information content (AvgIpc) is 2.74. The van der Waals surface area contributed by atoms with E-state index < -0.39 is 0 Å². The van der Waals surface area contributed by atoms with Crippen LogP contribution in [0.15, 0.2) is 42.5 Å². The Balaban J connectivity index is 2.52. The summed E-state index contributed by atoms with van der Waals surface area (Å²) in [6.45, 7) is 2.18. The molecular formula is C22H27NO6. The summed E-state index contributed by atoms with van der Waals surface area (Å²) in [7, 11) is 6.04. The van der Waals surface area contributed by atoms with Crippen LogP contribution in [0, 0.1) is 0 Å². The summed E-state index contributed by atoms with van der Waals surface area (Å²) in [5, 5.41) is 10.1. The van der Waals surface area contributed by atoms with Gasteiger partial charge in [-0.3, -0.25) is 4.79 Å². The van der Waals surface area contributed by atoms with E-state index in [0.29, 0.717) is 28.7 Å². The smallest absolute Gasteiger partial charge is 0.250 e. The molecule has 1 amide bonds. The maximum absolute atomic E-state index is 12.9. The van der Waals surface area contributed by atoms with Crippen LogP contribution in [-0.4, -0.2) is 39.5 Å². The fourth-order valence-electron chi connectivity index (χ4n) is 2.84. The molecule has 0 saturated heterocycles. The molecule has 7 nitrogen and oxygen atoms in total. The molecule has 0 aliphatic rings. The first-order chi connectivity index (χ1) is 14.0. The van der Waals surface area contributed by atoms with Gasteiger partial charge in [0.2, 0.25) is 5.75 Å². The predicted molar refractivity (Wildman–Crippen MR) is 111 cm³/mol. The van der Waals surface area contributed by atoms with E-state index in [9.17, 15) is 9.90 Å². The van der Waals surface area contributed by atoms with E-state index in [1.807, 2.05) is 6.92 Å². The molecule has 0 aliphatic heterocycles. The van der Waals surface area contributed by atoms with E-state index >= 15 is 0 Å². The van der Waals surface area contributed by atoms with Gasteiger partial charge in [0.05, 0.1) is 40.7 Å². The molecule has 0 aromatic heterocycles. The molecule has 29 heavy (non-hydrogen) atoms. The van der Waals surface area contributed by atoms with Gasteiger partial charge in [-0.25, -0.2) is 0 Å². The molecule has 1 N–H and O–H groups in total. The number of benzene rings is 2. The number of hydrogen-bond donors (Lipinski definition) is 1. The number of methoxy groups -OCH3 is 4. The van der Waals surface area contributed by atoms with Gasteiger partial charge in [-0.15, -0.1) is 0 Å². The number of aromatic hydroxyl groups is 1. The van der Waals surface area contributed by atoms with Crippen LogP contribution in [0.3, 0.4) is 0 Å². The number of carbonyl (C=O) groups excluding carboxylic acids is 1. The number of amides is 1. The minimum absolute atomic E-state index is 0.00592. The zero-order valence-corrected chi connectivity index (χ0v) is 17.4. The zero-order valence-electron chi connectivity index (χ0n) is 17.4. The third kappa shape index (κ3) is 5.13. The highest BCUT2D eigenvalue weighted by atomic mass is 16.5. The van der Waals surface area contributed by atoms with Crippen molar-refractivity contribution in [1.29, 1.82) is 0 Å². The first-order valence-electron chi connectivity index (χ1n) is 9.12. The third-order valence-corrected chi connectivity index (χ3v) is 4.31. The normalized spacial score (nSPS) is 10.7. The molecule has 0 heterocycles. The van der Waals surface area contributed by atoms with Crippen LogP contribution >= 0.6 is 0 Å². The van der Waals surface area contributed by atoms with Gasteiger partial charge in [-0.1, -0.05) is 19.1 Å². The van der Waals surface area contributed by atoms with E-state index in [0.717, 1.165) is 12.0 Å². The van der Waals surface area contributed by atoms with Crippen molar-refractivity contribution in [3.05, 3.63) is 48.0 Å². The van der Waals surface area contributed by atoms with Crippen LogP contribution in [0.25, 0.3) is 0 Å². The Hall–Kier alpha value is -3.35. The number of rotatable bonds is 9. The maximum Gasteiger partial charge on any atom is 0.250 e. The molecule has 0 bridgehead atoms. The monoisotopic (exact) mass is 401 g/mol. The summed E-state index contributed by atoms with van der Waals surface area (Å²) >= 11 is 0. The molecule has 0 atom stereocenters. The lowest BCUT2D eigenvalue weighted by Crippen LogP contribution is -2.28. The molecule has 0 spiro atoms. The summed E-state index contributed by atoms with van der Waals surface area (Å²) in [6.07, 6.45) is 4.05. The molecule has 0 saturated carbocycles. The van der Waals surface area contributed by atoms with E-state index in [1.54, 1.807) is 41.3 Å². The van der Waals surface area contributed by atoms with E-state index in [-0.39, 0.29) is 18.2 Å². The maximum atomic E-state index is 12.9. The van der Waals surface area contributed by atoms with Crippen molar-refractivity contribution < 1.29 is 28.8 Å². The summed E-state index contributed by atoms with van der Waals surface area (Å²) in [6, 6.07) is 8.44. The summed E-state index contributed by atoms with van der Waals surface area (Å²) in [5.74, 6) is 1.49. The largest absolute Gasteiger partial charge is 0.504 e. The van der Waals surface area contributed by atoms with Gasteiger partial charge in [0.15, 0.2) is 23.0 Å². The highest BCUT2D eigenvalue weighted by Crippen LogP contribution is 2.41. The van der Waals surface area contributed by atoms with E-state index in [4.69, 9.17) is 18.9 Å². The van der Waals surface area contributed by atoms with Crippen molar-refractivity contribution in [3.63, 3.8) is 0 Å². The number of nitrogens with zero attached hydrogens (tertiary/aromatic N) is 1. The first-order valence-corrected chi connectivity index (χ1v) is 9.12. The molecule has 0 fully saturated rings. The van der Waals surface area contributed by atoms with Crippen molar-refractivity contribution in [2.45, 2.75) is 19.9 Å². The Morgan fingerprint density at radius 2 is 1.59 bits per heavy atom. The number of phenols is 1. The summed E-state index contributed by atoms with van der Waals surface area (Å²) in [5.41, 5.74) is 1.30. The van der Waals surface area contributed by atoms with E-state index in [2.05, 4.69) is 0 Å². The fourth-order valence-corrected chi connectivity index (χ4v) is 2.84. The second-order valence-electron chi connectivity index (χ2n) is 6.12. The number of allylic oxidation sites excluding steroid dienone is 1. The molecule has 2 aromatic rings. The number of carbonyl (C=O) groups is 1. The Kier molecular flexibility index (Phi) is 7.77. The van der Waals surface area contributed by atoms with Crippen molar-refractivity contribution in [2.24, 2.45) is 0 Å². The Morgan fingerprint density at radius 1 is 0.966 bits per heavy atom. The molecule has 7 heteroatoms. The minimum atomic E-state index is -0.212. The molecule has 156 valence electrons. The predicted octanol–water partition coefficient (Wildman–Crippen LogP) is 3.93. The minimum Gasteiger partial charge on any atom is -0.504 e. The number of phenolic OH excluding ortho intramolecular Hbond substituents is 1. The third-order valence-electron chi connectivity index (χ3n) is 4.31. The SMILES string of the molecule is CC/C=C/C(=O)N(Cc1ccc(OC)c(O)c1)c1cc(OC)c(OC)c(OC)c1. The molecule has 0 radical (unpaired) electrons. The summed E-state index contributed by atoms with van der Waals surface area (Å²) in [4.78, 5) is 14.5. The second-order valence-corrected chi connectivity index (χ2v) is 6.12. The van der Waals surface area contributed by atoms with Crippen LogP contribution in [-0.2, 0) is 11.3 Å². The van der Waals surface area contributed by atoms with Gasteiger partial charge >= 0.3 is 0 Å². The standard InChI is InChI=1S/C22H27NO6/c1-6-7-8-21(25)23(14-15-9-10-18(26-2)17(24)11-15)16-12-19(27-3)22(29-5)20(13-16)28-4/h7-13,24H,6,14H2,1-5H3/b8-7+. The first kappa shape index (κ1) is 21.9. The van der Waals surface area contributed by atoms with Crippen molar-refractivity contribution in [3.8, 4) is 28.7 Å². The highest BCUT2D eigenvalue weighted by molar-refractivity contribution is 6.01. The quantitative estimate of drug-likeness (QED) is 0.642. The van der Waals surface area contributed by atoms with Gasteiger partial charge < -0.3 is 29.0 Å². The molecule has 0 unspecified atom stereocenters. The molecule has 2 rings (SSSR count). The Labute approximate surface area is 171 Å². The lowest BCUT2D eigenvalue weighted by molar-refractivity contribution is -0.114. The van der Waals surface area contributed by atoms with Crippen molar-refractivity contribution in [2.75, 3.05) is 33.3 Å². The van der Waals surface area contributed by atoms with Crippen LogP contribution in [0.4, 0.5) is 5.69 Å². The van der Waals surface area contributed by atoms with Gasteiger partial charge in [0, 0.05) is 12.1 Å². The average molecular weight is 401 g/mol. The summed E-state index contributed by atoms with van der Waals surface area (Å²) < 4.78 is 21.3. The number of ether oxygens (including phenoxy) is 4. The van der Waals surface area contributed by atoms with Crippen LogP contribution in [0.5, 0.6) is 28.7 Å². The lowest BCUT2D eigenvalue weighted by atomic mass is 10.1. The highest BCUT2D eigenvalue weighted by Gasteiger charge is 2.20. The van der Waals surface area contributed by atoms with E-state index in [1.165, 1.54) is 34.5 Å². The van der Waals surface area contributed by atoms with Crippen LogP contribution in [0.1, 0.15) is 18.9 Å². The van der Waals surface area contributed by atoms with Gasteiger partial charge in [0.1, 0.15) is 0 Å².